The molecule has 0 fully saturated rings. The molecule has 1 aliphatic rings. The number of urea groups is 1. The van der Waals surface area contributed by atoms with E-state index in [1.807, 2.05) is 66.4 Å². The Morgan fingerprint density at radius 2 is 1.78 bits per heavy atom. The predicted molar refractivity (Wildman–Crippen MR) is 146 cm³/mol. The first kappa shape index (κ1) is 25.3. The van der Waals surface area contributed by atoms with Crippen molar-refractivity contribution in [3.05, 3.63) is 77.4 Å². The number of carbonyl (C=O) groups is 2. The van der Waals surface area contributed by atoms with E-state index < -0.39 is 0 Å². The lowest BCUT2D eigenvalue weighted by Gasteiger charge is -2.31. The summed E-state index contributed by atoms with van der Waals surface area (Å²) in [6.45, 7) is 7.96. The molecule has 0 bridgehead atoms. The van der Waals surface area contributed by atoms with Crippen LogP contribution in [0.15, 0.2) is 60.7 Å². The number of carbonyl (C=O) groups excluding carboxylic acids is 2. The third kappa shape index (κ3) is 5.88. The number of aryl methyl sites for hydroxylation is 1. The molecule has 3 aromatic rings. The van der Waals surface area contributed by atoms with E-state index >= 15 is 0 Å². The Morgan fingerprint density at radius 3 is 2.50 bits per heavy atom. The van der Waals surface area contributed by atoms with Gasteiger partial charge in [0.05, 0.1) is 12.8 Å². The van der Waals surface area contributed by atoms with Crippen molar-refractivity contribution in [3.63, 3.8) is 0 Å². The molecule has 4 rings (SSSR count). The largest absolute Gasteiger partial charge is 0.495 e. The van der Waals surface area contributed by atoms with Gasteiger partial charge in [-0.15, -0.1) is 0 Å². The zero-order valence-electron chi connectivity index (χ0n) is 21.6. The molecule has 3 amide bonds. The van der Waals surface area contributed by atoms with Crippen LogP contribution in [0.2, 0.25) is 0 Å². The van der Waals surface area contributed by atoms with Crippen LogP contribution in [-0.4, -0.2) is 37.0 Å². The number of benzene rings is 3. The number of amides is 3. The summed E-state index contributed by atoms with van der Waals surface area (Å²) in [7, 11) is 1.58. The van der Waals surface area contributed by atoms with Crippen molar-refractivity contribution in [3.8, 4) is 16.9 Å². The molecule has 6 heteroatoms. The monoisotopic (exact) mass is 485 g/mol. The van der Waals surface area contributed by atoms with E-state index in [1.165, 1.54) is 0 Å². The molecule has 1 atom stereocenters. The van der Waals surface area contributed by atoms with Gasteiger partial charge in [0.25, 0.3) is 5.91 Å². The standard InChI is InChI=1S/C30H35N3O3/c1-5-6-21(3)19-33-16-15-24-18-23(10-13-26(24)29(33)34)22-8-11-25(12-9-22)31-30(35)32-27-17-20(2)7-14-28(27)36-4/h7-14,17-18,21H,5-6,15-16,19H2,1-4H3,(H2,31,32,35). The first-order chi connectivity index (χ1) is 17.4. The van der Waals surface area contributed by atoms with E-state index in [4.69, 9.17) is 4.74 Å². The lowest BCUT2D eigenvalue weighted by atomic mass is 9.93. The average molecular weight is 486 g/mol. The molecule has 3 aromatic carbocycles. The maximum absolute atomic E-state index is 13.0. The predicted octanol–water partition coefficient (Wildman–Crippen LogP) is 6.75. The summed E-state index contributed by atoms with van der Waals surface area (Å²) in [5, 5.41) is 5.72. The molecule has 188 valence electrons. The van der Waals surface area contributed by atoms with Crippen LogP contribution in [0.4, 0.5) is 16.2 Å². The van der Waals surface area contributed by atoms with Crippen molar-refractivity contribution in [1.82, 2.24) is 4.90 Å². The van der Waals surface area contributed by atoms with Gasteiger partial charge in [0.15, 0.2) is 0 Å². The maximum atomic E-state index is 13.0. The summed E-state index contributed by atoms with van der Waals surface area (Å²) in [5.74, 6) is 1.27. The first-order valence-electron chi connectivity index (χ1n) is 12.6. The van der Waals surface area contributed by atoms with E-state index in [1.54, 1.807) is 7.11 Å². The molecule has 1 aliphatic heterocycles. The number of nitrogens with one attached hydrogen (secondary N) is 2. The van der Waals surface area contributed by atoms with Gasteiger partial charge in [-0.05, 0) is 78.3 Å². The number of rotatable bonds is 8. The van der Waals surface area contributed by atoms with Crippen LogP contribution in [0.3, 0.4) is 0 Å². The molecule has 6 nitrogen and oxygen atoms in total. The lowest BCUT2D eigenvalue weighted by molar-refractivity contribution is 0.0713. The van der Waals surface area contributed by atoms with Crippen LogP contribution in [0.5, 0.6) is 5.75 Å². The SMILES string of the molecule is CCCC(C)CN1CCc2cc(-c3ccc(NC(=O)Nc4cc(C)ccc4OC)cc3)ccc2C1=O. The normalized spacial score (nSPS) is 13.7. The molecule has 0 aromatic heterocycles. The molecule has 0 saturated heterocycles. The minimum absolute atomic E-state index is 0.140. The number of nitrogens with zero attached hydrogens (tertiary/aromatic N) is 1. The number of fused-ring (bicyclic) bond motifs is 1. The van der Waals surface area contributed by atoms with Gasteiger partial charge in [-0.1, -0.05) is 50.6 Å². The Kier molecular flexibility index (Phi) is 7.93. The second kappa shape index (κ2) is 11.3. The van der Waals surface area contributed by atoms with Crippen LogP contribution < -0.4 is 15.4 Å². The van der Waals surface area contributed by atoms with Crippen molar-refractivity contribution in [1.29, 1.82) is 0 Å². The second-order valence-electron chi connectivity index (χ2n) is 9.63. The van der Waals surface area contributed by atoms with Crippen molar-refractivity contribution in [2.45, 2.75) is 40.0 Å². The number of anilines is 2. The van der Waals surface area contributed by atoms with Crippen LogP contribution in [0.25, 0.3) is 11.1 Å². The van der Waals surface area contributed by atoms with E-state index in [-0.39, 0.29) is 11.9 Å². The summed E-state index contributed by atoms with van der Waals surface area (Å²) < 4.78 is 5.33. The molecular weight excluding hydrogens is 450 g/mol. The van der Waals surface area contributed by atoms with Crippen molar-refractivity contribution in [2.75, 3.05) is 30.8 Å². The van der Waals surface area contributed by atoms with Gasteiger partial charge in [-0.2, -0.15) is 0 Å². The van der Waals surface area contributed by atoms with Gasteiger partial charge in [0.2, 0.25) is 0 Å². The zero-order chi connectivity index (χ0) is 25.7. The molecule has 0 spiro atoms. The summed E-state index contributed by atoms with van der Waals surface area (Å²) in [4.78, 5) is 27.5. The van der Waals surface area contributed by atoms with Gasteiger partial charge < -0.3 is 20.3 Å². The Bertz CT molecular complexity index is 1240. The number of hydrogen-bond donors (Lipinski definition) is 2. The first-order valence-corrected chi connectivity index (χ1v) is 12.6. The summed E-state index contributed by atoms with van der Waals surface area (Å²) >= 11 is 0. The number of ether oxygens (including phenoxy) is 1. The number of methoxy groups -OCH3 is 1. The van der Waals surface area contributed by atoms with Crippen molar-refractivity contribution >= 4 is 23.3 Å². The van der Waals surface area contributed by atoms with Crippen LogP contribution in [0, 0.1) is 12.8 Å². The fourth-order valence-electron chi connectivity index (χ4n) is 4.80. The lowest BCUT2D eigenvalue weighted by Crippen LogP contribution is -2.40. The van der Waals surface area contributed by atoms with E-state index in [0.717, 1.165) is 60.2 Å². The molecule has 0 aliphatic carbocycles. The van der Waals surface area contributed by atoms with E-state index in [0.29, 0.717) is 23.0 Å². The third-order valence-corrected chi connectivity index (χ3v) is 6.67. The zero-order valence-corrected chi connectivity index (χ0v) is 21.6. The maximum Gasteiger partial charge on any atom is 0.323 e. The Labute approximate surface area is 213 Å². The molecular formula is C30H35N3O3. The highest BCUT2D eigenvalue weighted by Gasteiger charge is 2.25. The molecule has 1 unspecified atom stereocenters. The molecule has 2 N–H and O–H groups in total. The van der Waals surface area contributed by atoms with E-state index in [2.05, 4.69) is 30.5 Å². The highest BCUT2D eigenvalue weighted by Crippen LogP contribution is 2.29. The average Bonchev–Trinajstić information content (AvgIpc) is 2.86. The van der Waals surface area contributed by atoms with Crippen molar-refractivity contribution < 1.29 is 14.3 Å². The fourth-order valence-corrected chi connectivity index (χ4v) is 4.80. The highest BCUT2D eigenvalue weighted by atomic mass is 16.5. The topological polar surface area (TPSA) is 70.7 Å². The molecule has 1 heterocycles. The number of hydrogen-bond acceptors (Lipinski definition) is 3. The molecule has 0 saturated carbocycles. The Balaban J connectivity index is 1.41. The smallest absolute Gasteiger partial charge is 0.323 e. The Morgan fingerprint density at radius 1 is 1.03 bits per heavy atom. The summed E-state index contributed by atoms with van der Waals surface area (Å²) in [6.07, 6.45) is 3.15. The van der Waals surface area contributed by atoms with Gasteiger partial charge in [0.1, 0.15) is 5.75 Å². The summed E-state index contributed by atoms with van der Waals surface area (Å²) in [5.41, 5.74) is 6.36. The molecule has 0 radical (unpaired) electrons. The second-order valence-corrected chi connectivity index (χ2v) is 9.63. The Hall–Kier alpha value is -3.80. The van der Waals surface area contributed by atoms with Gasteiger partial charge >= 0.3 is 6.03 Å². The minimum Gasteiger partial charge on any atom is -0.495 e. The van der Waals surface area contributed by atoms with Gasteiger partial charge in [-0.25, -0.2) is 4.79 Å². The van der Waals surface area contributed by atoms with Crippen LogP contribution in [0.1, 0.15) is 48.2 Å². The third-order valence-electron chi connectivity index (χ3n) is 6.67. The minimum atomic E-state index is -0.336. The summed E-state index contributed by atoms with van der Waals surface area (Å²) in [6, 6.07) is 19.1. The van der Waals surface area contributed by atoms with Gasteiger partial charge in [0, 0.05) is 24.3 Å². The quantitative estimate of drug-likeness (QED) is 0.371. The van der Waals surface area contributed by atoms with Gasteiger partial charge in [-0.3, -0.25) is 4.79 Å². The molecule has 36 heavy (non-hydrogen) atoms. The fraction of sp³-hybridized carbons (Fsp3) is 0.333. The van der Waals surface area contributed by atoms with E-state index in [9.17, 15) is 9.59 Å². The van der Waals surface area contributed by atoms with Crippen molar-refractivity contribution in [2.24, 2.45) is 5.92 Å². The van der Waals surface area contributed by atoms with Crippen LogP contribution >= 0.6 is 0 Å². The highest BCUT2D eigenvalue weighted by molar-refractivity contribution is 6.01. The van der Waals surface area contributed by atoms with Crippen LogP contribution in [-0.2, 0) is 6.42 Å².